The van der Waals surface area contributed by atoms with Gasteiger partial charge in [0, 0.05) is 19.1 Å². The van der Waals surface area contributed by atoms with E-state index >= 15 is 0 Å². The van der Waals surface area contributed by atoms with Crippen molar-refractivity contribution in [3.8, 4) is 0 Å². The van der Waals surface area contributed by atoms with E-state index in [1.54, 1.807) is 11.8 Å². The van der Waals surface area contributed by atoms with Crippen LogP contribution in [0.2, 0.25) is 0 Å². The van der Waals surface area contributed by atoms with E-state index in [0.717, 1.165) is 25.0 Å². The number of nitrogens with two attached hydrogens (primary N) is 1. The Morgan fingerprint density at radius 1 is 1.73 bits per heavy atom. The highest BCUT2D eigenvalue weighted by atomic mass is 32.2. The molecule has 1 rings (SSSR count). The molecular weight excluding hydrogens is 212 g/mol. The quantitative estimate of drug-likeness (QED) is 0.747. The molecule has 0 radical (unpaired) electrons. The lowest BCUT2D eigenvalue weighted by Gasteiger charge is -2.21. The van der Waals surface area contributed by atoms with E-state index in [4.69, 9.17) is 10.5 Å². The topological polar surface area (TPSA) is 64.7 Å². The Morgan fingerprint density at radius 3 is 3.07 bits per heavy atom. The molecule has 0 spiro atoms. The van der Waals surface area contributed by atoms with E-state index in [1.807, 2.05) is 0 Å². The first kappa shape index (κ1) is 12.4. The van der Waals surface area contributed by atoms with Gasteiger partial charge in [0.1, 0.15) is 0 Å². The highest BCUT2D eigenvalue weighted by molar-refractivity contribution is 7.99. The molecular formula is C10H18N2O2S. The Labute approximate surface area is 94.7 Å². The summed E-state index contributed by atoms with van der Waals surface area (Å²) in [7, 11) is 0. The molecule has 0 saturated heterocycles. The molecule has 0 aromatic heterocycles. The summed E-state index contributed by atoms with van der Waals surface area (Å²) in [6.07, 6.45) is 2.70. The zero-order chi connectivity index (χ0) is 11.3. The predicted molar refractivity (Wildman–Crippen MR) is 62.9 cm³/mol. The fourth-order valence-electron chi connectivity index (χ4n) is 1.50. The molecule has 2 unspecified atom stereocenters. The minimum Gasteiger partial charge on any atom is -0.449 e. The molecule has 86 valence electrons. The van der Waals surface area contributed by atoms with Crippen molar-refractivity contribution in [2.24, 2.45) is 10.7 Å². The van der Waals surface area contributed by atoms with Crippen LogP contribution in [0.15, 0.2) is 4.99 Å². The van der Waals surface area contributed by atoms with Gasteiger partial charge in [-0.2, -0.15) is 0 Å². The zero-order valence-electron chi connectivity index (χ0n) is 9.23. The van der Waals surface area contributed by atoms with Crippen LogP contribution >= 0.6 is 11.8 Å². The van der Waals surface area contributed by atoms with E-state index in [1.165, 1.54) is 6.92 Å². The molecule has 2 atom stereocenters. The summed E-state index contributed by atoms with van der Waals surface area (Å²) >= 11 is 1.63. The van der Waals surface area contributed by atoms with Gasteiger partial charge in [-0.15, -0.1) is 11.8 Å². The van der Waals surface area contributed by atoms with Crippen molar-refractivity contribution in [3.05, 3.63) is 0 Å². The van der Waals surface area contributed by atoms with Crippen LogP contribution in [0.5, 0.6) is 0 Å². The molecule has 0 aromatic rings. The van der Waals surface area contributed by atoms with Crippen molar-refractivity contribution in [3.63, 3.8) is 0 Å². The number of rotatable bonds is 3. The number of amidine groups is 1. The molecule has 0 fully saturated rings. The number of ether oxygens (including phenoxy) is 1. The van der Waals surface area contributed by atoms with Crippen molar-refractivity contribution in [2.45, 2.75) is 44.6 Å². The summed E-state index contributed by atoms with van der Waals surface area (Å²) in [5.41, 5.74) is 5.58. The molecule has 0 aromatic carbocycles. The van der Waals surface area contributed by atoms with Crippen LogP contribution in [-0.2, 0) is 9.53 Å². The Bertz CT molecular complexity index is 256. The molecule has 0 bridgehead atoms. The van der Waals surface area contributed by atoms with Gasteiger partial charge in [0.15, 0.2) is 5.44 Å². The van der Waals surface area contributed by atoms with E-state index in [2.05, 4.69) is 11.9 Å². The maximum Gasteiger partial charge on any atom is 0.303 e. The zero-order valence-corrected chi connectivity index (χ0v) is 10.0. The van der Waals surface area contributed by atoms with E-state index in [9.17, 15) is 4.79 Å². The first-order valence-corrected chi connectivity index (χ1v) is 6.29. The molecule has 0 amide bonds. The Kier molecular flexibility index (Phi) is 4.94. The van der Waals surface area contributed by atoms with Crippen molar-refractivity contribution in [1.82, 2.24) is 0 Å². The molecule has 1 aliphatic heterocycles. The van der Waals surface area contributed by atoms with E-state index < -0.39 is 0 Å². The number of carbonyl (C=O) groups is 1. The van der Waals surface area contributed by atoms with Crippen LogP contribution in [0.4, 0.5) is 0 Å². The van der Waals surface area contributed by atoms with Crippen molar-refractivity contribution in [2.75, 3.05) is 5.75 Å². The Morgan fingerprint density at radius 2 is 2.47 bits per heavy atom. The Hall–Kier alpha value is -0.710. The van der Waals surface area contributed by atoms with Gasteiger partial charge < -0.3 is 10.5 Å². The van der Waals surface area contributed by atoms with E-state index in [0.29, 0.717) is 5.84 Å². The normalized spacial score (nSPS) is 26.7. The third-order valence-electron chi connectivity index (χ3n) is 2.15. The van der Waals surface area contributed by atoms with Crippen LogP contribution in [0.1, 0.15) is 33.1 Å². The highest BCUT2D eigenvalue weighted by Gasteiger charge is 2.26. The van der Waals surface area contributed by atoms with E-state index in [-0.39, 0.29) is 17.4 Å². The SMILES string of the molecule is CCCC1N=C(N)CCSC1OC(C)=O. The number of carbonyl (C=O) groups excluding carboxylic acids is 1. The molecule has 2 N–H and O–H groups in total. The standard InChI is InChI=1S/C10H18N2O2S/c1-3-4-8-10(14-7(2)13)15-6-5-9(11)12-8/h8,10H,3-6H2,1-2H3,(H2,11,12). The summed E-state index contributed by atoms with van der Waals surface area (Å²) in [5.74, 6) is 1.30. The second kappa shape index (κ2) is 6.00. The monoisotopic (exact) mass is 230 g/mol. The third-order valence-corrected chi connectivity index (χ3v) is 3.33. The average molecular weight is 230 g/mol. The average Bonchev–Trinajstić information content (AvgIpc) is 2.29. The molecule has 4 nitrogen and oxygen atoms in total. The number of hydrogen-bond acceptors (Lipinski definition) is 5. The molecule has 1 heterocycles. The maximum absolute atomic E-state index is 10.9. The second-order valence-corrected chi connectivity index (χ2v) is 4.78. The highest BCUT2D eigenvalue weighted by Crippen LogP contribution is 2.25. The number of aliphatic imine (C=N–C) groups is 1. The summed E-state index contributed by atoms with van der Waals surface area (Å²) < 4.78 is 5.25. The minimum absolute atomic E-state index is 0.0198. The largest absolute Gasteiger partial charge is 0.449 e. The van der Waals surface area contributed by atoms with Crippen molar-refractivity contribution < 1.29 is 9.53 Å². The van der Waals surface area contributed by atoms with Crippen molar-refractivity contribution >= 4 is 23.6 Å². The fourth-order valence-corrected chi connectivity index (χ4v) is 2.68. The van der Waals surface area contributed by atoms with Crippen molar-refractivity contribution in [1.29, 1.82) is 0 Å². The molecule has 0 aliphatic carbocycles. The molecule has 15 heavy (non-hydrogen) atoms. The van der Waals surface area contributed by atoms with Gasteiger partial charge in [-0.25, -0.2) is 0 Å². The number of nitrogens with zero attached hydrogens (tertiary/aromatic N) is 1. The minimum atomic E-state index is -0.246. The summed E-state index contributed by atoms with van der Waals surface area (Å²) in [5, 5.41) is 0. The molecule has 0 saturated carbocycles. The first-order chi connectivity index (χ1) is 7.13. The van der Waals surface area contributed by atoms with Crippen LogP contribution < -0.4 is 5.73 Å². The van der Waals surface area contributed by atoms with Gasteiger partial charge in [0.2, 0.25) is 0 Å². The van der Waals surface area contributed by atoms with Gasteiger partial charge in [-0.05, 0) is 6.42 Å². The second-order valence-electron chi connectivity index (χ2n) is 3.58. The predicted octanol–water partition coefficient (Wildman–Crippen LogP) is 1.54. The van der Waals surface area contributed by atoms with Crippen LogP contribution in [0.3, 0.4) is 0 Å². The number of hydrogen-bond donors (Lipinski definition) is 1. The fraction of sp³-hybridized carbons (Fsp3) is 0.800. The molecule has 1 aliphatic rings. The summed E-state index contributed by atoms with van der Waals surface area (Å²) in [6, 6.07) is 0.0198. The summed E-state index contributed by atoms with van der Waals surface area (Å²) in [6.45, 7) is 3.52. The number of thioether (sulfide) groups is 1. The maximum atomic E-state index is 10.9. The third kappa shape index (κ3) is 4.11. The summed E-state index contributed by atoms with van der Waals surface area (Å²) in [4.78, 5) is 15.3. The lowest BCUT2D eigenvalue weighted by Crippen LogP contribution is -2.27. The van der Waals surface area contributed by atoms with Gasteiger partial charge in [0.25, 0.3) is 0 Å². The lowest BCUT2D eigenvalue weighted by atomic mass is 10.2. The van der Waals surface area contributed by atoms with Gasteiger partial charge in [0.05, 0.1) is 11.9 Å². The van der Waals surface area contributed by atoms with Crippen LogP contribution in [0, 0.1) is 0 Å². The van der Waals surface area contributed by atoms with Crippen LogP contribution in [-0.4, -0.2) is 29.0 Å². The van der Waals surface area contributed by atoms with Gasteiger partial charge in [-0.1, -0.05) is 13.3 Å². The van der Waals surface area contributed by atoms with Gasteiger partial charge >= 0.3 is 5.97 Å². The number of esters is 1. The smallest absolute Gasteiger partial charge is 0.303 e. The Balaban J connectivity index is 2.68. The lowest BCUT2D eigenvalue weighted by molar-refractivity contribution is -0.143. The molecule has 5 heteroatoms. The van der Waals surface area contributed by atoms with Crippen LogP contribution in [0.25, 0.3) is 0 Å². The first-order valence-electron chi connectivity index (χ1n) is 5.24. The van der Waals surface area contributed by atoms with Gasteiger partial charge in [-0.3, -0.25) is 9.79 Å².